The molecule has 1 saturated carbocycles. The molecule has 0 spiro atoms. The maximum Gasteiger partial charge on any atom is 0.223 e. The fourth-order valence-corrected chi connectivity index (χ4v) is 3.81. The van der Waals surface area contributed by atoms with Crippen molar-refractivity contribution in [1.29, 1.82) is 0 Å². The normalized spacial score (nSPS) is 21.8. The number of fused-ring (bicyclic) bond motifs is 1. The number of hydrogen-bond donors (Lipinski definition) is 3. The largest absolute Gasteiger partial charge is 0.353 e. The molecular formula is C20H28N4O. The number of carbonyl (C=O) groups excluding carboxylic acids is 1. The van der Waals surface area contributed by atoms with Gasteiger partial charge >= 0.3 is 0 Å². The lowest BCUT2D eigenvalue weighted by Crippen LogP contribution is -2.40. The molecule has 5 heteroatoms. The SMILES string of the molecule is CC(Cc1ccc2ncccc2c1)NC(=O)C1CCC(CNN)CC1. The van der Waals surface area contributed by atoms with Crippen LogP contribution in [0.25, 0.3) is 10.9 Å². The number of rotatable bonds is 6. The predicted octanol–water partition coefficient (Wildman–Crippen LogP) is 2.55. The van der Waals surface area contributed by atoms with Gasteiger partial charge in [0.05, 0.1) is 5.52 Å². The van der Waals surface area contributed by atoms with Crippen LogP contribution < -0.4 is 16.6 Å². The zero-order valence-electron chi connectivity index (χ0n) is 14.9. The Hall–Kier alpha value is -1.98. The average molecular weight is 340 g/mol. The van der Waals surface area contributed by atoms with E-state index in [1.807, 2.05) is 18.3 Å². The van der Waals surface area contributed by atoms with Crippen LogP contribution in [0.2, 0.25) is 0 Å². The lowest BCUT2D eigenvalue weighted by atomic mass is 9.81. The number of hydrogen-bond acceptors (Lipinski definition) is 4. The van der Waals surface area contributed by atoms with Crippen molar-refractivity contribution in [2.75, 3.05) is 6.54 Å². The Morgan fingerprint density at radius 3 is 2.84 bits per heavy atom. The van der Waals surface area contributed by atoms with E-state index in [2.05, 4.69) is 40.8 Å². The van der Waals surface area contributed by atoms with E-state index in [1.165, 1.54) is 5.56 Å². The standard InChI is InChI=1S/C20H28N4O/c1-14(11-16-6-9-19-18(12-16)3-2-10-22-19)24-20(25)17-7-4-15(5-8-17)13-23-21/h2-3,6,9-10,12,14-15,17,23H,4-5,7-8,11,13,21H2,1H3,(H,24,25). The van der Waals surface area contributed by atoms with Crippen LogP contribution in [0.1, 0.15) is 38.2 Å². The van der Waals surface area contributed by atoms with Crippen molar-refractivity contribution in [2.24, 2.45) is 17.7 Å². The maximum atomic E-state index is 12.5. The zero-order valence-corrected chi connectivity index (χ0v) is 14.9. The number of aromatic nitrogens is 1. The Morgan fingerprint density at radius 2 is 2.08 bits per heavy atom. The Kier molecular flexibility index (Phi) is 6.00. The van der Waals surface area contributed by atoms with E-state index < -0.39 is 0 Å². The molecule has 134 valence electrons. The molecule has 5 nitrogen and oxygen atoms in total. The average Bonchev–Trinajstić information content (AvgIpc) is 2.62. The molecule has 0 bridgehead atoms. The fraction of sp³-hybridized carbons (Fsp3) is 0.500. The summed E-state index contributed by atoms with van der Waals surface area (Å²) in [7, 11) is 0. The van der Waals surface area contributed by atoms with Gasteiger partial charge in [-0.2, -0.15) is 0 Å². The highest BCUT2D eigenvalue weighted by atomic mass is 16.1. The van der Waals surface area contributed by atoms with Crippen LogP contribution in [0, 0.1) is 11.8 Å². The lowest BCUT2D eigenvalue weighted by Gasteiger charge is -2.28. The van der Waals surface area contributed by atoms with Crippen molar-refractivity contribution < 1.29 is 4.79 Å². The molecule has 1 aliphatic rings. The summed E-state index contributed by atoms with van der Waals surface area (Å²) < 4.78 is 0. The van der Waals surface area contributed by atoms with E-state index in [0.29, 0.717) is 5.92 Å². The van der Waals surface area contributed by atoms with Gasteiger partial charge in [-0.1, -0.05) is 12.1 Å². The van der Waals surface area contributed by atoms with Crippen LogP contribution >= 0.6 is 0 Å². The van der Waals surface area contributed by atoms with Crippen molar-refractivity contribution in [3.8, 4) is 0 Å². The first-order valence-electron chi connectivity index (χ1n) is 9.23. The summed E-state index contributed by atoms with van der Waals surface area (Å²) in [5, 5.41) is 4.34. The number of carbonyl (C=O) groups is 1. The van der Waals surface area contributed by atoms with Gasteiger partial charge < -0.3 is 5.32 Å². The summed E-state index contributed by atoms with van der Waals surface area (Å²) in [6.07, 6.45) is 6.73. The van der Waals surface area contributed by atoms with Crippen LogP contribution in [-0.2, 0) is 11.2 Å². The Bertz CT molecular complexity index is 710. The van der Waals surface area contributed by atoms with Crippen molar-refractivity contribution in [2.45, 2.75) is 45.1 Å². The van der Waals surface area contributed by atoms with Gasteiger partial charge in [-0.15, -0.1) is 0 Å². The highest BCUT2D eigenvalue weighted by Crippen LogP contribution is 2.28. The summed E-state index contributed by atoms with van der Waals surface area (Å²) in [4.78, 5) is 16.9. The summed E-state index contributed by atoms with van der Waals surface area (Å²) in [6.45, 7) is 2.93. The molecule has 1 aliphatic carbocycles. The lowest BCUT2D eigenvalue weighted by molar-refractivity contribution is -0.126. The third-order valence-corrected chi connectivity index (χ3v) is 5.22. The topological polar surface area (TPSA) is 80.0 Å². The van der Waals surface area contributed by atoms with Crippen molar-refractivity contribution in [3.05, 3.63) is 42.1 Å². The zero-order chi connectivity index (χ0) is 17.6. The number of benzene rings is 1. The van der Waals surface area contributed by atoms with Crippen molar-refractivity contribution in [3.63, 3.8) is 0 Å². The van der Waals surface area contributed by atoms with Gasteiger partial charge in [0.2, 0.25) is 5.91 Å². The molecule has 1 unspecified atom stereocenters. The minimum atomic E-state index is 0.130. The fourth-order valence-electron chi connectivity index (χ4n) is 3.81. The van der Waals surface area contributed by atoms with Gasteiger partial charge in [0.25, 0.3) is 0 Å². The highest BCUT2D eigenvalue weighted by molar-refractivity contribution is 5.80. The summed E-state index contributed by atoms with van der Waals surface area (Å²) in [6, 6.07) is 10.5. The minimum Gasteiger partial charge on any atom is -0.353 e. The van der Waals surface area contributed by atoms with E-state index in [0.717, 1.165) is 49.6 Å². The van der Waals surface area contributed by atoms with Gasteiger partial charge in [0.15, 0.2) is 0 Å². The van der Waals surface area contributed by atoms with E-state index in [4.69, 9.17) is 5.84 Å². The smallest absolute Gasteiger partial charge is 0.223 e. The summed E-state index contributed by atoms with van der Waals surface area (Å²) in [5.74, 6) is 6.36. The number of nitrogens with zero attached hydrogens (tertiary/aromatic N) is 1. The number of amides is 1. The third kappa shape index (κ3) is 4.77. The van der Waals surface area contributed by atoms with Gasteiger partial charge in [-0.3, -0.25) is 21.0 Å². The minimum absolute atomic E-state index is 0.130. The monoisotopic (exact) mass is 340 g/mol. The first kappa shape index (κ1) is 17.8. The number of pyridine rings is 1. The maximum absolute atomic E-state index is 12.5. The molecule has 1 aromatic carbocycles. The number of nitrogens with one attached hydrogen (secondary N) is 2. The molecule has 1 amide bonds. The summed E-state index contributed by atoms with van der Waals surface area (Å²) >= 11 is 0. The molecule has 2 aromatic rings. The van der Waals surface area contributed by atoms with E-state index in [1.54, 1.807) is 0 Å². The molecule has 1 atom stereocenters. The summed E-state index contributed by atoms with van der Waals surface area (Å²) in [5.41, 5.74) is 4.98. The van der Waals surface area contributed by atoms with E-state index >= 15 is 0 Å². The first-order chi connectivity index (χ1) is 12.2. The first-order valence-corrected chi connectivity index (χ1v) is 9.23. The predicted molar refractivity (Wildman–Crippen MR) is 101 cm³/mol. The Labute approximate surface area is 149 Å². The van der Waals surface area contributed by atoms with Gasteiger partial charge in [0, 0.05) is 30.1 Å². The Balaban J connectivity index is 1.51. The molecule has 0 saturated heterocycles. The third-order valence-electron chi connectivity index (χ3n) is 5.22. The number of nitrogens with two attached hydrogens (primary N) is 1. The molecule has 1 aromatic heterocycles. The second-order valence-corrected chi connectivity index (χ2v) is 7.27. The molecule has 3 rings (SSSR count). The Morgan fingerprint density at radius 1 is 1.28 bits per heavy atom. The second-order valence-electron chi connectivity index (χ2n) is 7.27. The van der Waals surface area contributed by atoms with E-state index in [9.17, 15) is 4.79 Å². The van der Waals surface area contributed by atoms with Gasteiger partial charge in [0.1, 0.15) is 0 Å². The molecule has 4 N–H and O–H groups in total. The molecule has 1 heterocycles. The molecular weight excluding hydrogens is 312 g/mol. The van der Waals surface area contributed by atoms with Crippen molar-refractivity contribution >= 4 is 16.8 Å². The molecule has 25 heavy (non-hydrogen) atoms. The number of hydrazine groups is 1. The van der Waals surface area contributed by atoms with Crippen LogP contribution in [-0.4, -0.2) is 23.5 Å². The molecule has 0 aliphatic heterocycles. The van der Waals surface area contributed by atoms with Gasteiger partial charge in [-0.25, -0.2) is 0 Å². The van der Waals surface area contributed by atoms with Gasteiger partial charge in [-0.05, 0) is 68.7 Å². The quantitative estimate of drug-likeness (QED) is 0.558. The van der Waals surface area contributed by atoms with Crippen molar-refractivity contribution in [1.82, 2.24) is 15.7 Å². The van der Waals surface area contributed by atoms with Crippen LogP contribution in [0.3, 0.4) is 0 Å². The van der Waals surface area contributed by atoms with Crippen LogP contribution in [0.15, 0.2) is 36.5 Å². The van der Waals surface area contributed by atoms with Crippen LogP contribution in [0.5, 0.6) is 0 Å². The van der Waals surface area contributed by atoms with E-state index in [-0.39, 0.29) is 17.9 Å². The molecule has 1 fully saturated rings. The second kappa shape index (κ2) is 8.41. The van der Waals surface area contributed by atoms with Crippen LogP contribution in [0.4, 0.5) is 0 Å². The highest BCUT2D eigenvalue weighted by Gasteiger charge is 2.26. The molecule has 0 radical (unpaired) electrons.